The number of phenols is 1. The van der Waals surface area contributed by atoms with Crippen molar-refractivity contribution < 1.29 is 20.1 Å². The lowest BCUT2D eigenvalue weighted by Crippen LogP contribution is -2.70. The van der Waals surface area contributed by atoms with Gasteiger partial charge in [-0.15, -0.1) is 0 Å². The maximum absolute atomic E-state index is 11.8. The van der Waals surface area contributed by atoms with Crippen LogP contribution in [0.1, 0.15) is 48.8 Å². The summed E-state index contributed by atoms with van der Waals surface area (Å²) in [6.45, 7) is 0.934. The van der Waals surface area contributed by atoms with Gasteiger partial charge in [-0.05, 0) is 75.2 Å². The number of unbranched alkanes of at least 4 members (excludes halogenated alkanes) is 1. The van der Waals surface area contributed by atoms with Crippen molar-refractivity contribution in [1.82, 2.24) is 4.90 Å². The average molecular weight is 450 g/mol. The first-order valence-electron chi connectivity index (χ1n) is 12.6. The van der Waals surface area contributed by atoms with Crippen molar-refractivity contribution in [2.45, 2.75) is 68.6 Å². The van der Waals surface area contributed by atoms with Gasteiger partial charge >= 0.3 is 0 Å². The largest absolute Gasteiger partial charge is 0.504 e. The number of likely N-dealkylation sites (tertiary alicyclic amines) is 1. The van der Waals surface area contributed by atoms with E-state index >= 15 is 0 Å². The van der Waals surface area contributed by atoms with Crippen molar-refractivity contribution in [2.24, 2.45) is 11.3 Å². The molecule has 1 saturated heterocycles. The number of nitrogens with zero attached hydrogens (tertiary/aromatic N) is 1. The fourth-order valence-corrected chi connectivity index (χ4v) is 7.82. The zero-order valence-corrected chi connectivity index (χ0v) is 19.4. The number of hydrogen-bond donors (Lipinski definition) is 3. The van der Waals surface area contributed by atoms with Crippen molar-refractivity contribution in [3.05, 3.63) is 59.2 Å². The number of aliphatic hydroxyl groups excluding tert-OH is 2. The van der Waals surface area contributed by atoms with Crippen LogP contribution in [0.5, 0.6) is 11.5 Å². The molecule has 0 radical (unpaired) electrons. The summed E-state index contributed by atoms with van der Waals surface area (Å²) in [5.41, 5.74) is 2.91. The third kappa shape index (κ3) is 2.95. The number of rotatable bonds is 6. The number of aliphatic hydroxyl groups is 2. The van der Waals surface area contributed by atoms with Gasteiger partial charge in [0.2, 0.25) is 0 Å². The molecular weight excluding hydrogens is 414 g/mol. The summed E-state index contributed by atoms with van der Waals surface area (Å²) in [7, 11) is 2.21. The van der Waals surface area contributed by atoms with Crippen LogP contribution in [0.2, 0.25) is 0 Å². The molecule has 2 aliphatic carbocycles. The number of likely N-dealkylation sites (N-methyl/N-ethyl adjacent to an activating group) is 1. The number of piperidine rings is 1. The van der Waals surface area contributed by atoms with Gasteiger partial charge in [0.25, 0.3) is 0 Å². The van der Waals surface area contributed by atoms with Crippen molar-refractivity contribution in [1.29, 1.82) is 0 Å². The second kappa shape index (κ2) is 7.72. The highest BCUT2D eigenvalue weighted by Crippen LogP contribution is 2.66. The molecule has 4 aliphatic rings. The maximum Gasteiger partial charge on any atom is 0.165 e. The van der Waals surface area contributed by atoms with E-state index in [0.29, 0.717) is 17.7 Å². The minimum atomic E-state index is -0.753. The Labute approximate surface area is 196 Å². The van der Waals surface area contributed by atoms with Crippen molar-refractivity contribution in [2.75, 3.05) is 20.2 Å². The first-order chi connectivity index (χ1) is 16.0. The molecule has 5 heteroatoms. The number of ether oxygens (including phenoxy) is 1. The van der Waals surface area contributed by atoms with Gasteiger partial charge < -0.3 is 25.0 Å². The molecular formula is C28H35NO4. The summed E-state index contributed by atoms with van der Waals surface area (Å²) < 4.78 is 6.46. The van der Waals surface area contributed by atoms with Crippen LogP contribution < -0.4 is 4.74 Å². The van der Waals surface area contributed by atoms with Crippen molar-refractivity contribution in [3.63, 3.8) is 0 Å². The summed E-state index contributed by atoms with van der Waals surface area (Å²) in [5.74, 6) is 1.07. The number of benzene rings is 2. The molecule has 0 aromatic heterocycles. The Morgan fingerprint density at radius 3 is 2.73 bits per heavy atom. The predicted octanol–water partition coefficient (Wildman–Crippen LogP) is 3.42. The zero-order valence-electron chi connectivity index (χ0n) is 19.4. The molecule has 176 valence electrons. The molecule has 0 amide bonds. The third-order valence-electron chi connectivity index (χ3n) is 9.53. The highest BCUT2D eigenvalue weighted by atomic mass is 16.5. The van der Waals surface area contributed by atoms with E-state index in [2.05, 4.69) is 36.2 Å². The van der Waals surface area contributed by atoms with E-state index in [0.717, 1.165) is 57.1 Å². The Kier molecular flexibility index (Phi) is 5.02. The normalized spacial score (nSPS) is 36.3. The number of aryl methyl sites for hydroxylation is 1. The van der Waals surface area contributed by atoms with Crippen LogP contribution in [0.25, 0.3) is 0 Å². The first-order valence-corrected chi connectivity index (χ1v) is 12.6. The minimum Gasteiger partial charge on any atom is -0.504 e. The standard InChI is InChI=1S/C28H35NO4/c1-29-14-13-28-20-16-27(17-30,12-6-5-9-18-7-3-2-4-8-18)25(32)26(28)33-24-22(31)11-10-19(23(24)28)15-21(20)29/h2-4,7-8,10-11,20-21,25-26,30-32H,5-6,9,12-17H2,1H3/t20-,21+,25+,26-,27?,28-/m0/s1. The van der Waals surface area contributed by atoms with E-state index in [1.807, 2.05) is 12.1 Å². The van der Waals surface area contributed by atoms with Crippen LogP contribution in [-0.4, -0.2) is 58.7 Å². The molecule has 1 spiro atoms. The highest BCUT2D eigenvalue weighted by molar-refractivity contribution is 5.61. The molecule has 6 rings (SSSR count). The summed E-state index contributed by atoms with van der Waals surface area (Å²) in [5, 5.41) is 33.1. The maximum atomic E-state index is 11.8. The summed E-state index contributed by atoms with van der Waals surface area (Å²) >= 11 is 0. The van der Waals surface area contributed by atoms with E-state index in [-0.39, 0.29) is 17.8 Å². The molecule has 2 bridgehead atoms. The molecule has 5 nitrogen and oxygen atoms in total. The molecule has 2 aliphatic heterocycles. The lowest BCUT2D eigenvalue weighted by Gasteiger charge is -2.62. The fourth-order valence-electron chi connectivity index (χ4n) is 7.82. The second-order valence-corrected chi connectivity index (χ2v) is 11.0. The predicted molar refractivity (Wildman–Crippen MR) is 127 cm³/mol. The van der Waals surface area contributed by atoms with Gasteiger partial charge in [-0.25, -0.2) is 0 Å². The van der Waals surface area contributed by atoms with Gasteiger partial charge in [-0.1, -0.05) is 42.8 Å². The smallest absolute Gasteiger partial charge is 0.165 e. The lowest BCUT2D eigenvalue weighted by atomic mass is 9.46. The molecule has 1 saturated carbocycles. The summed E-state index contributed by atoms with van der Waals surface area (Å²) in [6, 6.07) is 14.7. The Balaban J connectivity index is 1.32. The van der Waals surface area contributed by atoms with Gasteiger partial charge in [-0.3, -0.25) is 0 Å². The van der Waals surface area contributed by atoms with Gasteiger partial charge in [0.05, 0.1) is 12.7 Å². The van der Waals surface area contributed by atoms with Crippen LogP contribution >= 0.6 is 0 Å². The van der Waals surface area contributed by atoms with Crippen LogP contribution in [0.15, 0.2) is 42.5 Å². The van der Waals surface area contributed by atoms with E-state index in [9.17, 15) is 15.3 Å². The molecule has 6 atom stereocenters. The Hall–Kier alpha value is -2.08. The first kappa shape index (κ1) is 21.5. The molecule has 2 aromatic carbocycles. The zero-order chi connectivity index (χ0) is 22.8. The van der Waals surface area contributed by atoms with Crippen molar-refractivity contribution in [3.8, 4) is 11.5 Å². The van der Waals surface area contributed by atoms with Gasteiger partial charge in [0.1, 0.15) is 6.10 Å². The van der Waals surface area contributed by atoms with Crippen LogP contribution in [0, 0.1) is 11.3 Å². The minimum absolute atomic E-state index is 0.0302. The molecule has 2 aromatic rings. The average Bonchev–Trinajstić information content (AvgIpc) is 3.19. The number of phenolic OH excluding ortho intramolecular Hbond substituents is 1. The molecule has 1 unspecified atom stereocenters. The van der Waals surface area contributed by atoms with Crippen molar-refractivity contribution >= 4 is 0 Å². The second-order valence-electron chi connectivity index (χ2n) is 11.0. The Bertz CT molecular complexity index is 1040. The molecule has 3 N–H and O–H groups in total. The van der Waals surface area contributed by atoms with Crippen LogP contribution in [0.3, 0.4) is 0 Å². The van der Waals surface area contributed by atoms with Gasteiger partial charge in [0.15, 0.2) is 11.5 Å². The lowest BCUT2D eigenvalue weighted by molar-refractivity contribution is -0.179. The van der Waals surface area contributed by atoms with E-state index in [1.165, 1.54) is 11.1 Å². The topological polar surface area (TPSA) is 73.2 Å². The van der Waals surface area contributed by atoms with Gasteiger partial charge in [0, 0.05) is 22.4 Å². The Morgan fingerprint density at radius 1 is 1.12 bits per heavy atom. The highest BCUT2D eigenvalue weighted by Gasteiger charge is 2.69. The van der Waals surface area contributed by atoms with Crippen LogP contribution in [-0.2, 0) is 18.3 Å². The van der Waals surface area contributed by atoms with Gasteiger partial charge in [-0.2, -0.15) is 0 Å². The van der Waals surface area contributed by atoms with Crippen LogP contribution in [0.4, 0.5) is 0 Å². The summed E-state index contributed by atoms with van der Waals surface area (Å²) in [6.07, 6.45) is 5.30. The third-order valence-corrected chi connectivity index (χ3v) is 9.53. The van der Waals surface area contributed by atoms with E-state index in [4.69, 9.17) is 4.74 Å². The number of aromatic hydroxyl groups is 1. The Morgan fingerprint density at radius 2 is 1.94 bits per heavy atom. The fraction of sp³-hybridized carbons (Fsp3) is 0.571. The monoisotopic (exact) mass is 449 g/mol. The van der Waals surface area contributed by atoms with E-state index < -0.39 is 17.6 Å². The molecule has 2 heterocycles. The summed E-state index contributed by atoms with van der Waals surface area (Å²) in [4.78, 5) is 2.47. The molecule has 2 fully saturated rings. The SMILES string of the molecule is CN1CC[C@]23c4c5ccc(O)c4O[C@H]2[C@@H](O)C(CO)(CCCCc2ccccc2)C[C@H]3[C@H]1C5. The number of hydrogen-bond acceptors (Lipinski definition) is 5. The molecule has 33 heavy (non-hydrogen) atoms. The quantitative estimate of drug-likeness (QED) is 0.590. The van der Waals surface area contributed by atoms with E-state index in [1.54, 1.807) is 6.07 Å².